The molecule has 19 heavy (non-hydrogen) atoms. The van der Waals surface area contributed by atoms with Crippen molar-refractivity contribution in [3.63, 3.8) is 0 Å². The lowest BCUT2D eigenvalue weighted by molar-refractivity contribution is 0.584. The number of hydrogen-bond donors (Lipinski definition) is 1. The Morgan fingerprint density at radius 2 is 1.79 bits per heavy atom. The van der Waals surface area contributed by atoms with Crippen LogP contribution in [-0.2, 0) is 6.54 Å². The van der Waals surface area contributed by atoms with E-state index in [1.807, 2.05) is 24.3 Å². The van der Waals surface area contributed by atoms with Crippen molar-refractivity contribution in [1.29, 1.82) is 0 Å². The molecule has 0 aliphatic rings. The maximum Gasteiger partial charge on any atom is 0.128 e. The topological polar surface area (TPSA) is 24.9 Å². The van der Waals surface area contributed by atoms with Crippen LogP contribution in [0, 0.1) is 11.6 Å². The predicted molar refractivity (Wildman–Crippen MR) is 73.3 cm³/mol. The molecule has 1 N–H and O–H groups in total. The van der Waals surface area contributed by atoms with Gasteiger partial charge in [-0.05, 0) is 24.3 Å². The van der Waals surface area contributed by atoms with E-state index in [9.17, 15) is 8.78 Å². The van der Waals surface area contributed by atoms with E-state index in [0.717, 1.165) is 21.3 Å². The zero-order valence-electron chi connectivity index (χ0n) is 9.86. The van der Waals surface area contributed by atoms with Gasteiger partial charge in [0.1, 0.15) is 16.6 Å². The van der Waals surface area contributed by atoms with E-state index in [4.69, 9.17) is 0 Å². The zero-order valence-corrected chi connectivity index (χ0v) is 10.7. The standard InChI is InChI=1S/C14H10F2N2S/c15-9-5-10(16)7-11(6-9)17-8-14-18-12-3-1-2-4-13(12)19-14/h1-7,17H,8H2. The molecule has 5 heteroatoms. The summed E-state index contributed by atoms with van der Waals surface area (Å²) in [6, 6.07) is 11.2. The smallest absolute Gasteiger partial charge is 0.128 e. The molecule has 0 radical (unpaired) electrons. The van der Waals surface area contributed by atoms with Crippen molar-refractivity contribution < 1.29 is 8.78 Å². The van der Waals surface area contributed by atoms with Crippen LogP contribution in [0.15, 0.2) is 42.5 Å². The molecule has 0 aliphatic carbocycles. The molecule has 0 bridgehead atoms. The van der Waals surface area contributed by atoms with Gasteiger partial charge in [-0.15, -0.1) is 11.3 Å². The summed E-state index contributed by atoms with van der Waals surface area (Å²) in [5, 5.41) is 3.85. The fraction of sp³-hybridized carbons (Fsp3) is 0.0714. The van der Waals surface area contributed by atoms with Crippen LogP contribution in [0.5, 0.6) is 0 Å². The number of nitrogens with zero attached hydrogens (tertiary/aromatic N) is 1. The van der Waals surface area contributed by atoms with Gasteiger partial charge in [0.05, 0.1) is 16.8 Å². The molecule has 0 saturated heterocycles. The number of thiazole rings is 1. The highest BCUT2D eigenvalue weighted by atomic mass is 32.1. The van der Waals surface area contributed by atoms with Gasteiger partial charge >= 0.3 is 0 Å². The summed E-state index contributed by atoms with van der Waals surface area (Å²) < 4.78 is 27.2. The maximum atomic E-state index is 13.0. The fourth-order valence-electron chi connectivity index (χ4n) is 1.83. The second-order valence-corrected chi connectivity index (χ2v) is 5.20. The van der Waals surface area contributed by atoms with Crippen LogP contribution < -0.4 is 5.32 Å². The van der Waals surface area contributed by atoms with E-state index >= 15 is 0 Å². The molecule has 1 aromatic heterocycles. The molecule has 0 fully saturated rings. The zero-order chi connectivity index (χ0) is 13.2. The van der Waals surface area contributed by atoms with Gasteiger partial charge < -0.3 is 5.32 Å². The SMILES string of the molecule is Fc1cc(F)cc(NCc2nc3ccccc3s2)c1. The number of aromatic nitrogens is 1. The Morgan fingerprint density at radius 1 is 1.05 bits per heavy atom. The van der Waals surface area contributed by atoms with Gasteiger partial charge in [-0.25, -0.2) is 13.8 Å². The fourth-order valence-corrected chi connectivity index (χ4v) is 2.74. The molecule has 3 rings (SSSR count). The average Bonchev–Trinajstić information content (AvgIpc) is 2.78. The summed E-state index contributed by atoms with van der Waals surface area (Å²) in [7, 11) is 0. The number of hydrogen-bond acceptors (Lipinski definition) is 3. The van der Waals surface area contributed by atoms with Gasteiger partial charge in [-0.1, -0.05) is 12.1 Å². The molecule has 0 aliphatic heterocycles. The maximum absolute atomic E-state index is 13.0. The highest BCUT2D eigenvalue weighted by Crippen LogP contribution is 2.22. The van der Waals surface area contributed by atoms with E-state index in [0.29, 0.717) is 12.2 Å². The van der Waals surface area contributed by atoms with Gasteiger partial charge in [0.15, 0.2) is 0 Å². The average molecular weight is 276 g/mol. The lowest BCUT2D eigenvalue weighted by Gasteiger charge is -2.04. The van der Waals surface area contributed by atoms with Gasteiger partial charge in [-0.3, -0.25) is 0 Å². The molecule has 0 amide bonds. The van der Waals surface area contributed by atoms with E-state index in [-0.39, 0.29) is 0 Å². The van der Waals surface area contributed by atoms with Crippen molar-refractivity contribution in [1.82, 2.24) is 4.98 Å². The third-order valence-corrected chi connectivity index (χ3v) is 3.68. The molecular weight excluding hydrogens is 266 g/mol. The van der Waals surface area contributed by atoms with Gasteiger partial charge in [0.2, 0.25) is 0 Å². The van der Waals surface area contributed by atoms with E-state index in [1.165, 1.54) is 12.1 Å². The number of fused-ring (bicyclic) bond motifs is 1. The van der Waals surface area contributed by atoms with Crippen LogP contribution >= 0.6 is 11.3 Å². The summed E-state index contributed by atoms with van der Waals surface area (Å²) >= 11 is 1.56. The number of rotatable bonds is 3. The van der Waals surface area contributed by atoms with E-state index in [2.05, 4.69) is 10.3 Å². The lowest BCUT2D eigenvalue weighted by Crippen LogP contribution is -1.99. The number of halogens is 2. The first-order chi connectivity index (χ1) is 9.20. The van der Waals surface area contributed by atoms with Crippen molar-refractivity contribution in [2.24, 2.45) is 0 Å². The summed E-state index contributed by atoms with van der Waals surface area (Å²) in [6.45, 7) is 0.447. The molecule has 0 spiro atoms. The Balaban J connectivity index is 1.78. The van der Waals surface area contributed by atoms with Crippen LogP contribution in [0.4, 0.5) is 14.5 Å². The first kappa shape index (κ1) is 12.0. The molecule has 2 aromatic carbocycles. The van der Waals surface area contributed by atoms with Crippen LogP contribution in [0.2, 0.25) is 0 Å². The normalized spacial score (nSPS) is 10.8. The number of nitrogens with one attached hydrogen (secondary N) is 1. The number of anilines is 1. The number of para-hydroxylation sites is 1. The lowest BCUT2D eigenvalue weighted by atomic mass is 10.3. The first-order valence-corrected chi connectivity index (χ1v) is 6.57. The van der Waals surface area contributed by atoms with E-state index < -0.39 is 11.6 Å². The largest absolute Gasteiger partial charge is 0.378 e. The summed E-state index contributed by atoms with van der Waals surface area (Å²) in [5.74, 6) is -1.18. The Morgan fingerprint density at radius 3 is 2.53 bits per heavy atom. The summed E-state index contributed by atoms with van der Waals surface area (Å²) in [4.78, 5) is 4.44. The van der Waals surface area contributed by atoms with Crippen molar-refractivity contribution in [2.75, 3.05) is 5.32 Å². The van der Waals surface area contributed by atoms with Crippen LogP contribution in [-0.4, -0.2) is 4.98 Å². The van der Waals surface area contributed by atoms with Gasteiger partial charge in [0, 0.05) is 11.8 Å². The summed E-state index contributed by atoms with van der Waals surface area (Å²) in [5.41, 5.74) is 1.35. The third-order valence-electron chi connectivity index (χ3n) is 2.64. The quantitative estimate of drug-likeness (QED) is 0.776. The third kappa shape index (κ3) is 2.71. The Kier molecular flexibility index (Phi) is 3.13. The van der Waals surface area contributed by atoms with Crippen molar-refractivity contribution in [2.45, 2.75) is 6.54 Å². The van der Waals surface area contributed by atoms with Crippen molar-refractivity contribution in [3.8, 4) is 0 Å². The van der Waals surface area contributed by atoms with Crippen LogP contribution in [0.3, 0.4) is 0 Å². The van der Waals surface area contributed by atoms with Crippen molar-refractivity contribution in [3.05, 3.63) is 59.1 Å². The van der Waals surface area contributed by atoms with Crippen molar-refractivity contribution >= 4 is 27.2 Å². The Hall–Kier alpha value is -2.01. The Labute approximate surface area is 112 Å². The molecule has 3 aromatic rings. The highest BCUT2D eigenvalue weighted by molar-refractivity contribution is 7.18. The van der Waals surface area contributed by atoms with E-state index in [1.54, 1.807) is 11.3 Å². The molecular formula is C14H10F2N2S. The summed E-state index contributed by atoms with van der Waals surface area (Å²) in [6.07, 6.45) is 0. The highest BCUT2D eigenvalue weighted by Gasteiger charge is 2.04. The molecule has 1 heterocycles. The molecule has 0 unspecified atom stereocenters. The van der Waals surface area contributed by atoms with Crippen LogP contribution in [0.1, 0.15) is 5.01 Å². The van der Waals surface area contributed by atoms with Crippen LogP contribution in [0.25, 0.3) is 10.2 Å². The Bertz CT molecular complexity index is 671. The molecule has 0 saturated carbocycles. The minimum atomic E-state index is -0.591. The van der Waals surface area contributed by atoms with Gasteiger partial charge in [-0.2, -0.15) is 0 Å². The van der Waals surface area contributed by atoms with Gasteiger partial charge in [0.25, 0.3) is 0 Å². The second-order valence-electron chi connectivity index (χ2n) is 4.09. The number of benzene rings is 2. The first-order valence-electron chi connectivity index (χ1n) is 5.75. The predicted octanol–water partition coefficient (Wildman–Crippen LogP) is 4.19. The monoisotopic (exact) mass is 276 g/mol. The molecule has 0 atom stereocenters. The minimum absolute atomic E-state index is 0.414. The second kappa shape index (κ2) is 4.93. The minimum Gasteiger partial charge on any atom is -0.378 e. The molecule has 96 valence electrons. The molecule has 2 nitrogen and oxygen atoms in total.